The Balaban J connectivity index is 2.05. The minimum absolute atomic E-state index is 0.0961. The Morgan fingerprint density at radius 2 is 1.96 bits per heavy atom. The predicted molar refractivity (Wildman–Crippen MR) is 81.5 cm³/mol. The number of alkyl halides is 3. The first-order valence-electron chi connectivity index (χ1n) is 7.62. The minimum atomic E-state index is -4.70. The second-order valence-electron chi connectivity index (χ2n) is 5.77. The number of piperidine rings is 1. The van der Waals surface area contributed by atoms with Crippen LogP contribution in [-0.2, 0) is 16.2 Å². The standard InChI is InChI=1S/C15H21F3N2O2S/c1-12-6-4-5-10-20(12)11-9-19-23(21,22)14-8-3-2-7-13(14)15(16,17)18/h2-3,7-8,12,19H,4-6,9-11H2,1H3. The molecule has 1 aromatic carbocycles. The van der Waals surface area contributed by atoms with Crippen LogP contribution in [0.1, 0.15) is 31.7 Å². The number of halogens is 3. The first-order chi connectivity index (χ1) is 10.7. The number of hydrogen-bond acceptors (Lipinski definition) is 3. The van der Waals surface area contributed by atoms with E-state index in [9.17, 15) is 21.6 Å². The van der Waals surface area contributed by atoms with Gasteiger partial charge in [0.25, 0.3) is 0 Å². The molecule has 1 N–H and O–H groups in total. The van der Waals surface area contributed by atoms with E-state index in [2.05, 4.69) is 16.5 Å². The van der Waals surface area contributed by atoms with Crippen LogP contribution in [0.2, 0.25) is 0 Å². The Bertz CT molecular complexity index is 632. The summed E-state index contributed by atoms with van der Waals surface area (Å²) in [5.41, 5.74) is -1.14. The van der Waals surface area contributed by atoms with Crippen LogP contribution >= 0.6 is 0 Å². The fourth-order valence-corrected chi connectivity index (χ4v) is 4.07. The van der Waals surface area contributed by atoms with Gasteiger partial charge in [-0.05, 0) is 38.4 Å². The average molecular weight is 350 g/mol. The maximum absolute atomic E-state index is 12.9. The average Bonchev–Trinajstić information content (AvgIpc) is 2.48. The Kier molecular flexibility index (Phi) is 5.70. The molecular formula is C15H21F3N2O2S. The monoisotopic (exact) mass is 350 g/mol. The van der Waals surface area contributed by atoms with E-state index in [1.54, 1.807) is 0 Å². The molecule has 0 radical (unpaired) electrons. The Morgan fingerprint density at radius 1 is 1.26 bits per heavy atom. The van der Waals surface area contributed by atoms with Crippen molar-refractivity contribution < 1.29 is 21.6 Å². The number of benzene rings is 1. The fourth-order valence-electron chi connectivity index (χ4n) is 2.83. The predicted octanol–water partition coefficient (Wildman–Crippen LogP) is 2.86. The molecule has 1 fully saturated rings. The lowest BCUT2D eigenvalue weighted by atomic mass is 10.0. The van der Waals surface area contributed by atoms with Crippen LogP contribution in [0.15, 0.2) is 29.2 Å². The summed E-state index contributed by atoms with van der Waals surface area (Å²) in [6.07, 6.45) is -1.42. The van der Waals surface area contributed by atoms with E-state index in [0.29, 0.717) is 12.6 Å². The van der Waals surface area contributed by atoms with Crippen molar-refractivity contribution in [2.45, 2.75) is 43.3 Å². The highest BCUT2D eigenvalue weighted by Gasteiger charge is 2.36. The van der Waals surface area contributed by atoms with Crippen molar-refractivity contribution >= 4 is 10.0 Å². The highest BCUT2D eigenvalue weighted by molar-refractivity contribution is 7.89. The molecule has 1 unspecified atom stereocenters. The van der Waals surface area contributed by atoms with Crippen molar-refractivity contribution in [3.05, 3.63) is 29.8 Å². The maximum atomic E-state index is 12.9. The molecule has 0 aromatic heterocycles. The van der Waals surface area contributed by atoms with Gasteiger partial charge in [0, 0.05) is 19.1 Å². The zero-order valence-corrected chi connectivity index (χ0v) is 13.8. The number of nitrogens with one attached hydrogen (secondary N) is 1. The first-order valence-corrected chi connectivity index (χ1v) is 9.10. The molecule has 1 aliphatic rings. The van der Waals surface area contributed by atoms with Crippen molar-refractivity contribution in [1.82, 2.24) is 9.62 Å². The normalized spacial score (nSPS) is 20.6. The van der Waals surface area contributed by atoms with Gasteiger partial charge in [0.05, 0.1) is 10.5 Å². The van der Waals surface area contributed by atoms with Crippen LogP contribution in [0.4, 0.5) is 13.2 Å². The van der Waals surface area contributed by atoms with Gasteiger partial charge < -0.3 is 0 Å². The summed E-state index contributed by atoms with van der Waals surface area (Å²) in [7, 11) is -4.19. The molecule has 23 heavy (non-hydrogen) atoms. The molecule has 0 aliphatic carbocycles. The van der Waals surface area contributed by atoms with E-state index in [4.69, 9.17) is 0 Å². The lowest BCUT2D eigenvalue weighted by molar-refractivity contribution is -0.139. The Labute approximate surface area is 134 Å². The summed E-state index contributed by atoms with van der Waals surface area (Å²) in [5.74, 6) is 0. The Hall–Kier alpha value is -1.12. The van der Waals surface area contributed by atoms with E-state index in [0.717, 1.165) is 37.9 Å². The highest BCUT2D eigenvalue weighted by Crippen LogP contribution is 2.33. The van der Waals surface area contributed by atoms with Crippen molar-refractivity contribution in [2.24, 2.45) is 0 Å². The van der Waals surface area contributed by atoms with Gasteiger partial charge >= 0.3 is 6.18 Å². The molecule has 1 atom stereocenters. The number of likely N-dealkylation sites (tertiary alicyclic amines) is 1. The molecule has 130 valence electrons. The van der Waals surface area contributed by atoms with Crippen molar-refractivity contribution in [2.75, 3.05) is 19.6 Å². The third-order valence-electron chi connectivity index (χ3n) is 4.11. The third kappa shape index (κ3) is 4.68. The molecule has 8 heteroatoms. The summed E-state index contributed by atoms with van der Waals surface area (Å²) < 4.78 is 65.5. The zero-order chi connectivity index (χ0) is 17.1. The summed E-state index contributed by atoms with van der Waals surface area (Å²) >= 11 is 0. The second-order valence-corrected chi connectivity index (χ2v) is 7.51. The maximum Gasteiger partial charge on any atom is 0.417 e. The van der Waals surface area contributed by atoms with Gasteiger partial charge in [-0.25, -0.2) is 13.1 Å². The van der Waals surface area contributed by atoms with Gasteiger partial charge in [0.2, 0.25) is 10.0 Å². The van der Waals surface area contributed by atoms with Crippen LogP contribution in [0.25, 0.3) is 0 Å². The zero-order valence-electron chi connectivity index (χ0n) is 12.9. The van der Waals surface area contributed by atoms with E-state index in [1.807, 2.05) is 0 Å². The minimum Gasteiger partial charge on any atom is -0.299 e. The lowest BCUT2D eigenvalue weighted by Crippen LogP contribution is -2.42. The van der Waals surface area contributed by atoms with Crippen molar-refractivity contribution in [3.63, 3.8) is 0 Å². The topological polar surface area (TPSA) is 49.4 Å². The summed E-state index contributed by atoms with van der Waals surface area (Å²) in [5, 5.41) is 0. The van der Waals surface area contributed by atoms with E-state index >= 15 is 0 Å². The second kappa shape index (κ2) is 7.19. The van der Waals surface area contributed by atoms with Gasteiger partial charge in [-0.15, -0.1) is 0 Å². The van der Waals surface area contributed by atoms with Crippen LogP contribution in [0, 0.1) is 0 Å². The largest absolute Gasteiger partial charge is 0.417 e. The molecular weight excluding hydrogens is 329 g/mol. The molecule has 0 amide bonds. The van der Waals surface area contributed by atoms with Crippen LogP contribution in [-0.4, -0.2) is 39.0 Å². The molecule has 4 nitrogen and oxygen atoms in total. The molecule has 1 aromatic rings. The molecule has 2 rings (SSSR count). The number of sulfonamides is 1. The van der Waals surface area contributed by atoms with Crippen molar-refractivity contribution in [1.29, 1.82) is 0 Å². The van der Waals surface area contributed by atoms with E-state index in [-0.39, 0.29) is 6.54 Å². The van der Waals surface area contributed by atoms with Crippen molar-refractivity contribution in [3.8, 4) is 0 Å². The summed E-state index contributed by atoms with van der Waals surface area (Å²) in [4.78, 5) is 1.43. The number of rotatable bonds is 5. The molecule has 1 saturated heterocycles. The van der Waals surface area contributed by atoms with E-state index < -0.39 is 26.7 Å². The van der Waals surface area contributed by atoms with Gasteiger partial charge in [0.15, 0.2) is 0 Å². The highest BCUT2D eigenvalue weighted by atomic mass is 32.2. The molecule has 0 saturated carbocycles. The van der Waals surface area contributed by atoms with Gasteiger partial charge in [-0.2, -0.15) is 13.2 Å². The third-order valence-corrected chi connectivity index (χ3v) is 5.63. The summed E-state index contributed by atoms with van der Waals surface area (Å²) in [6.45, 7) is 3.56. The molecule has 1 aliphatic heterocycles. The lowest BCUT2D eigenvalue weighted by Gasteiger charge is -2.33. The first kappa shape index (κ1) is 18.2. The van der Waals surface area contributed by atoms with Crippen LogP contribution < -0.4 is 4.72 Å². The Morgan fingerprint density at radius 3 is 2.61 bits per heavy atom. The smallest absolute Gasteiger partial charge is 0.299 e. The quantitative estimate of drug-likeness (QED) is 0.888. The molecule has 0 spiro atoms. The SMILES string of the molecule is CC1CCCCN1CCNS(=O)(=O)c1ccccc1C(F)(F)F. The van der Waals surface area contributed by atoms with Gasteiger partial charge in [-0.1, -0.05) is 18.6 Å². The fraction of sp³-hybridized carbons (Fsp3) is 0.600. The van der Waals surface area contributed by atoms with E-state index in [1.165, 1.54) is 12.1 Å². The number of hydrogen-bond donors (Lipinski definition) is 1. The molecule has 0 bridgehead atoms. The van der Waals surface area contributed by atoms with Gasteiger partial charge in [-0.3, -0.25) is 4.90 Å². The summed E-state index contributed by atoms with van der Waals surface area (Å²) in [6, 6.07) is 4.60. The molecule has 1 heterocycles. The van der Waals surface area contributed by atoms with Gasteiger partial charge in [0.1, 0.15) is 0 Å². The van der Waals surface area contributed by atoms with Crippen LogP contribution in [0.3, 0.4) is 0 Å². The number of nitrogens with zero attached hydrogens (tertiary/aromatic N) is 1. The van der Waals surface area contributed by atoms with Crippen LogP contribution in [0.5, 0.6) is 0 Å².